The van der Waals surface area contributed by atoms with Gasteiger partial charge < -0.3 is 14.0 Å². The predicted molar refractivity (Wildman–Crippen MR) is 131 cm³/mol. The molecule has 1 aliphatic rings. The highest BCUT2D eigenvalue weighted by Gasteiger charge is 2.27. The molecule has 0 unspecified atom stereocenters. The van der Waals surface area contributed by atoms with Gasteiger partial charge in [0.25, 0.3) is 10.0 Å². The van der Waals surface area contributed by atoms with Crippen LogP contribution in [0.2, 0.25) is 0 Å². The smallest absolute Gasteiger partial charge is 0.421 e. The second-order valence-corrected chi connectivity index (χ2v) is 11.7. The summed E-state index contributed by atoms with van der Waals surface area (Å²) in [6, 6.07) is 10.1. The van der Waals surface area contributed by atoms with E-state index in [4.69, 9.17) is 9.47 Å². The zero-order valence-corrected chi connectivity index (χ0v) is 21.1. The summed E-state index contributed by atoms with van der Waals surface area (Å²) in [6.07, 6.45) is 5.48. The summed E-state index contributed by atoms with van der Waals surface area (Å²) in [5, 5.41) is 0. The number of hydrogen-bond acceptors (Lipinski definition) is 7. The SMILES string of the molecule is COCCOC(=O)NS(=O)(=O)c1sc(CC(C)C)cc1-c1ccc([C@H]2CCc3nccn32)cc1. The standard InChI is InChI=1S/C24H29N3O5S2/c1-16(2)14-19-15-20(23(33-19)34(29,30)26-24(28)32-13-12-31-3)17-4-6-18(7-5-17)21-8-9-22-25-10-11-27(21)22/h4-7,10-11,15-16,21H,8-9,12-14H2,1-3H3,(H,26,28)/t21-/m1/s1. The van der Waals surface area contributed by atoms with Gasteiger partial charge in [0.15, 0.2) is 0 Å². The van der Waals surface area contributed by atoms with E-state index < -0.39 is 16.1 Å². The maximum atomic E-state index is 13.1. The summed E-state index contributed by atoms with van der Waals surface area (Å²) in [7, 11) is -2.64. The molecule has 0 bridgehead atoms. The number of methoxy groups -OCH3 is 1. The number of nitrogens with one attached hydrogen (secondary N) is 1. The van der Waals surface area contributed by atoms with Gasteiger partial charge in [-0.3, -0.25) is 0 Å². The Bertz CT molecular complexity index is 1250. The maximum absolute atomic E-state index is 13.1. The zero-order chi connectivity index (χ0) is 24.3. The quantitative estimate of drug-likeness (QED) is 0.434. The number of ether oxygens (including phenoxy) is 2. The van der Waals surface area contributed by atoms with Gasteiger partial charge in [-0.2, -0.15) is 0 Å². The van der Waals surface area contributed by atoms with E-state index in [0.29, 0.717) is 11.5 Å². The Morgan fingerprint density at radius 2 is 2.03 bits per heavy atom. The molecule has 3 aromatic rings. The van der Waals surface area contributed by atoms with Gasteiger partial charge in [-0.1, -0.05) is 38.1 Å². The van der Waals surface area contributed by atoms with Crippen LogP contribution in [0.1, 0.15) is 42.6 Å². The number of aryl methyl sites for hydroxylation is 1. The van der Waals surface area contributed by atoms with Crippen molar-refractivity contribution < 1.29 is 22.7 Å². The van der Waals surface area contributed by atoms with Crippen LogP contribution in [0.4, 0.5) is 4.79 Å². The summed E-state index contributed by atoms with van der Waals surface area (Å²) in [4.78, 5) is 17.4. The number of carbonyl (C=O) groups is 1. The Morgan fingerprint density at radius 1 is 1.26 bits per heavy atom. The van der Waals surface area contributed by atoms with Crippen molar-refractivity contribution in [1.29, 1.82) is 0 Å². The monoisotopic (exact) mass is 503 g/mol. The molecule has 1 N–H and O–H groups in total. The van der Waals surface area contributed by atoms with E-state index in [9.17, 15) is 13.2 Å². The van der Waals surface area contributed by atoms with Crippen LogP contribution in [0.15, 0.2) is 46.9 Å². The number of nitrogens with zero attached hydrogens (tertiary/aromatic N) is 2. The molecule has 0 saturated heterocycles. The first-order valence-corrected chi connectivity index (χ1v) is 13.5. The molecule has 1 aromatic carbocycles. The van der Waals surface area contributed by atoms with Gasteiger partial charge in [0.1, 0.15) is 16.6 Å². The second-order valence-electron chi connectivity index (χ2n) is 8.67. The minimum atomic E-state index is -4.11. The Hall–Kier alpha value is -2.69. The number of carbonyl (C=O) groups excluding carboxylic acids is 1. The Balaban J connectivity index is 1.62. The van der Waals surface area contributed by atoms with E-state index in [2.05, 4.69) is 23.4 Å². The molecule has 0 aliphatic carbocycles. The lowest BCUT2D eigenvalue weighted by atomic mass is 10.0. The van der Waals surface area contributed by atoms with Crippen LogP contribution < -0.4 is 4.72 Å². The fourth-order valence-corrected chi connectivity index (χ4v) is 7.01. The van der Waals surface area contributed by atoms with Crippen molar-refractivity contribution in [3.8, 4) is 11.1 Å². The number of benzene rings is 1. The molecule has 8 nitrogen and oxygen atoms in total. The highest BCUT2D eigenvalue weighted by molar-refractivity contribution is 7.92. The molecular formula is C24H29N3O5S2. The molecular weight excluding hydrogens is 474 g/mol. The first kappa shape index (κ1) is 24.4. The van der Waals surface area contributed by atoms with E-state index in [1.165, 1.54) is 18.4 Å². The molecule has 4 rings (SSSR count). The first-order valence-electron chi connectivity index (χ1n) is 11.2. The van der Waals surface area contributed by atoms with E-state index in [1.54, 1.807) is 0 Å². The third kappa shape index (κ3) is 5.34. The molecule has 34 heavy (non-hydrogen) atoms. The lowest BCUT2D eigenvalue weighted by Crippen LogP contribution is -2.31. The van der Waals surface area contributed by atoms with E-state index in [-0.39, 0.29) is 23.5 Å². The molecule has 0 saturated carbocycles. The normalized spacial score (nSPS) is 15.5. The molecule has 0 spiro atoms. The second kappa shape index (κ2) is 10.3. The summed E-state index contributed by atoms with van der Waals surface area (Å²) in [6.45, 7) is 4.32. The van der Waals surface area contributed by atoms with Gasteiger partial charge in [0, 0.05) is 36.4 Å². The highest BCUT2D eigenvalue weighted by Crippen LogP contribution is 2.38. The van der Waals surface area contributed by atoms with Gasteiger partial charge in [0.2, 0.25) is 0 Å². The number of imidazole rings is 1. The summed E-state index contributed by atoms with van der Waals surface area (Å²) in [5.74, 6) is 1.45. The third-order valence-corrected chi connectivity index (χ3v) is 8.68. The van der Waals surface area contributed by atoms with Crippen molar-refractivity contribution in [2.75, 3.05) is 20.3 Å². The van der Waals surface area contributed by atoms with E-state index >= 15 is 0 Å². The van der Waals surface area contributed by atoms with Gasteiger partial charge in [-0.05, 0) is 36.0 Å². The molecule has 1 aliphatic heterocycles. The number of thiophene rings is 1. The van der Waals surface area contributed by atoms with Crippen molar-refractivity contribution in [2.45, 2.75) is 43.4 Å². The molecule has 0 radical (unpaired) electrons. The minimum Gasteiger partial charge on any atom is -0.446 e. The molecule has 3 heterocycles. The highest BCUT2D eigenvalue weighted by atomic mass is 32.2. The van der Waals surface area contributed by atoms with Crippen molar-refractivity contribution in [3.63, 3.8) is 0 Å². The van der Waals surface area contributed by atoms with Crippen LogP contribution in [0.25, 0.3) is 11.1 Å². The fourth-order valence-electron chi connectivity index (χ4n) is 4.17. The number of rotatable bonds is 9. The molecule has 1 amide bonds. The molecule has 10 heteroatoms. The topological polar surface area (TPSA) is 99.5 Å². The van der Waals surface area contributed by atoms with Crippen LogP contribution in [-0.4, -0.2) is 44.4 Å². The number of hydrogen-bond donors (Lipinski definition) is 1. The lowest BCUT2D eigenvalue weighted by Gasteiger charge is -2.14. The summed E-state index contributed by atoms with van der Waals surface area (Å²) >= 11 is 1.19. The molecule has 2 aromatic heterocycles. The number of aromatic nitrogens is 2. The first-order chi connectivity index (χ1) is 16.3. The van der Waals surface area contributed by atoms with Crippen LogP contribution in [0.3, 0.4) is 0 Å². The molecule has 182 valence electrons. The van der Waals surface area contributed by atoms with E-state index in [1.807, 2.05) is 47.4 Å². The maximum Gasteiger partial charge on any atom is 0.421 e. The van der Waals surface area contributed by atoms with Crippen molar-refractivity contribution in [1.82, 2.24) is 14.3 Å². The summed E-state index contributed by atoms with van der Waals surface area (Å²) < 4.78 is 40.3. The van der Waals surface area contributed by atoms with Crippen LogP contribution >= 0.6 is 11.3 Å². The van der Waals surface area contributed by atoms with Crippen LogP contribution in [0, 0.1) is 5.92 Å². The van der Waals surface area contributed by atoms with Crippen LogP contribution in [0.5, 0.6) is 0 Å². The number of sulfonamides is 1. The Kier molecular flexibility index (Phi) is 7.39. The lowest BCUT2D eigenvalue weighted by molar-refractivity contribution is 0.102. The largest absolute Gasteiger partial charge is 0.446 e. The average molecular weight is 504 g/mol. The van der Waals surface area contributed by atoms with E-state index in [0.717, 1.165) is 41.1 Å². The average Bonchev–Trinajstić information content (AvgIpc) is 3.49. The van der Waals surface area contributed by atoms with Crippen molar-refractivity contribution >= 4 is 27.5 Å². The Morgan fingerprint density at radius 3 is 2.74 bits per heavy atom. The number of amides is 1. The summed E-state index contributed by atoms with van der Waals surface area (Å²) in [5.41, 5.74) is 2.52. The van der Waals surface area contributed by atoms with Gasteiger partial charge >= 0.3 is 6.09 Å². The zero-order valence-electron chi connectivity index (χ0n) is 19.5. The van der Waals surface area contributed by atoms with Gasteiger partial charge in [-0.15, -0.1) is 11.3 Å². The van der Waals surface area contributed by atoms with Gasteiger partial charge in [-0.25, -0.2) is 22.9 Å². The molecule has 1 atom stereocenters. The van der Waals surface area contributed by atoms with Crippen molar-refractivity contribution in [3.05, 3.63) is 59.0 Å². The predicted octanol–water partition coefficient (Wildman–Crippen LogP) is 4.41. The van der Waals surface area contributed by atoms with Crippen LogP contribution in [-0.2, 0) is 32.3 Å². The molecule has 0 fully saturated rings. The minimum absolute atomic E-state index is 0.0327. The van der Waals surface area contributed by atoms with Gasteiger partial charge in [0.05, 0.1) is 12.6 Å². The third-order valence-electron chi connectivity index (χ3n) is 5.67. The van der Waals surface area contributed by atoms with Crippen molar-refractivity contribution in [2.24, 2.45) is 5.92 Å². The Labute approximate surface area is 204 Å². The number of fused-ring (bicyclic) bond motifs is 1. The fraction of sp³-hybridized carbons (Fsp3) is 0.417.